The van der Waals surface area contributed by atoms with Gasteiger partial charge in [0.05, 0.1) is 30.3 Å². The summed E-state index contributed by atoms with van der Waals surface area (Å²) in [7, 11) is 0. The summed E-state index contributed by atoms with van der Waals surface area (Å²) in [6.45, 7) is -0.480. The first-order valence-electron chi connectivity index (χ1n) is 12.1. The molecule has 1 amide bonds. The van der Waals surface area contributed by atoms with Crippen molar-refractivity contribution in [3.63, 3.8) is 0 Å². The van der Waals surface area contributed by atoms with Crippen LogP contribution in [0.4, 0.5) is 13.2 Å². The molecule has 192 valence electrons. The minimum absolute atomic E-state index is 0.0595. The number of H-pyrrole nitrogens is 1. The van der Waals surface area contributed by atoms with E-state index in [1.54, 1.807) is 10.6 Å². The van der Waals surface area contributed by atoms with Gasteiger partial charge < -0.3 is 10.1 Å². The van der Waals surface area contributed by atoms with Gasteiger partial charge in [0.2, 0.25) is 0 Å². The number of hydrogen-bond donors (Lipinski definition) is 2. The number of carbonyl (C=O) groups excluding carboxylic acids is 1. The molecule has 11 heteroatoms. The monoisotopic (exact) mass is 511 g/mol. The molecule has 0 bridgehead atoms. The third-order valence-electron chi connectivity index (χ3n) is 7.54. The lowest BCUT2D eigenvalue weighted by Crippen LogP contribution is -2.55. The van der Waals surface area contributed by atoms with Gasteiger partial charge >= 0.3 is 6.18 Å². The second-order valence-electron chi connectivity index (χ2n) is 10.1. The molecule has 2 aliphatic carbocycles. The maximum Gasteiger partial charge on any atom is 0.392 e. The molecular weight excluding hydrogens is 487 g/mol. The van der Waals surface area contributed by atoms with Crippen LogP contribution in [0.25, 0.3) is 16.4 Å². The maximum absolute atomic E-state index is 12.9. The molecule has 8 nitrogen and oxygen atoms in total. The summed E-state index contributed by atoms with van der Waals surface area (Å²) < 4.78 is 43.7. The van der Waals surface area contributed by atoms with E-state index >= 15 is 0 Å². The molecule has 0 unspecified atom stereocenters. The predicted octanol–water partition coefficient (Wildman–Crippen LogP) is 4.36. The molecule has 0 atom stereocenters. The van der Waals surface area contributed by atoms with Crippen molar-refractivity contribution < 1.29 is 22.7 Å². The largest absolute Gasteiger partial charge is 0.493 e. The molecule has 0 radical (unpaired) electrons. The number of aromatic amines is 1. The Labute approximate surface area is 208 Å². The number of nitrogens with one attached hydrogen (secondary N) is 2. The molecule has 37 heavy (non-hydrogen) atoms. The Hall–Kier alpha value is -3.89. The van der Waals surface area contributed by atoms with E-state index in [-0.39, 0.29) is 34.6 Å². The van der Waals surface area contributed by atoms with Gasteiger partial charge in [0, 0.05) is 29.6 Å². The molecule has 1 spiro atoms. The fraction of sp³-hybridized carbons (Fsp3) is 0.385. The number of ether oxygens (including phenoxy) is 1. The number of fused-ring (bicyclic) bond motifs is 2. The van der Waals surface area contributed by atoms with Crippen molar-refractivity contribution >= 4 is 22.3 Å². The van der Waals surface area contributed by atoms with Crippen LogP contribution in [0.3, 0.4) is 0 Å². The molecule has 2 N–H and O–H groups in total. The van der Waals surface area contributed by atoms with Crippen LogP contribution in [-0.4, -0.2) is 44.3 Å². The minimum atomic E-state index is -4.28. The lowest BCUT2D eigenvalue weighted by molar-refractivity contribution is -0.139. The molecule has 4 aromatic rings. The number of hydrogen-bond acceptors (Lipinski definition) is 5. The molecule has 3 aromatic heterocycles. The third kappa shape index (κ3) is 4.42. The molecule has 2 aliphatic rings. The second kappa shape index (κ2) is 8.60. The number of nitrogens with zero attached hydrogens (tertiary/aromatic N) is 3. The van der Waals surface area contributed by atoms with Crippen LogP contribution in [0.15, 0.2) is 53.6 Å². The lowest BCUT2D eigenvalue weighted by atomic mass is 9.49. The van der Waals surface area contributed by atoms with Gasteiger partial charge in [0.25, 0.3) is 11.5 Å². The zero-order valence-corrected chi connectivity index (χ0v) is 19.7. The number of amides is 1. The summed E-state index contributed by atoms with van der Waals surface area (Å²) >= 11 is 0. The molecule has 3 heterocycles. The van der Waals surface area contributed by atoms with Crippen molar-refractivity contribution in [3.8, 4) is 5.75 Å². The molecule has 2 fully saturated rings. The first-order chi connectivity index (χ1) is 17.7. The lowest BCUT2D eigenvalue weighted by Gasteiger charge is -2.57. The summed E-state index contributed by atoms with van der Waals surface area (Å²) in [4.78, 5) is 29.2. The summed E-state index contributed by atoms with van der Waals surface area (Å²) in [6.07, 6.45) is 1.39. The molecule has 2 saturated carbocycles. The quantitative estimate of drug-likeness (QED) is 0.401. The Morgan fingerprint density at radius 2 is 1.92 bits per heavy atom. The fourth-order valence-corrected chi connectivity index (χ4v) is 5.81. The van der Waals surface area contributed by atoms with E-state index in [2.05, 4.69) is 20.5 Å². The summed E-state index contributed by atoms with van der Waals surface area (Å²) in [6, 6.07) is 10.6. The topological polar surface area (TPSA) is 101 Å². The highest BCUT2D eigenvalue weighted by atomic mass is 19.4. The van der Waals surface area contributed by atoms with Crippen LogP contribution in [0.1, 0.15) is 54.2 Å². The molecule has 0 saturated heterocycles. The van der Waals surface area contributed by atoms with Gasteiger partial charge in [-0.25, -0.2) is 10.1 Å². The van der Waals surface area contributed by atoms with Crippen molar-refractivity contribution in [1.82, 2.24) is 24.9 Å². The van der Waals surface area contributed by atoms with Crippen LogP contribution < -0.4 is 15.6 Å². The normalized spacial score (nSPS) is 23.1. The molecule has 6 rings (SSSR count). The van der Waals surface area contributed by atoms with Gasteiger partial charge in [0.1, 0.15) is 17.1 Å². The Bertz CT molecular complexity index is 1550. The number of pyridine rings is 1. The average Bonchev–Trinajstić information content (AvgIpc) is 3.23. The first-order valence-corrected chi connectivity index (χ1v) is 12.1. The van der Waals surface area contributed by atoms with Gasteiger partial charge in [-0.15, -0.1) is 0 Å². The summed E-state index contributed by atoms with van der Waals surface area (Å²) in [5.41, 5.74) is 1.71. The smallest absolute Gasteiger partial charge is 0.392 e. The van der Waals surface area contributed by atoms with Gasteiger partial charge in [-0.1, -0.05) is 18.2 Å². The zero-order valence-electron chi connectivity index (χ0n) is 19.7. The standard InChI is InChI=1S/C26H24F3N5O3/c27-26(28,29)6-8-37-17-5-7-34-20(14-30-21(34)9-17)24(36)31-16-12-25(13-16)10-15(11-25)22-18-3-1-2-4-19(18)23(35)33-32-22/h1-5,7,9,14-16H,6,8,10-13H2,(H,31,36)(H,33,35)/t15-,16-,25?. The molecule has 1 aromatic carbocycles. The highest BCUT2D eigenvalue weighted by molar-refractivity contribution is 5.93. The van der Waals surface area contributed by atoms with Gasteiger partial charge in [-0.2, -0.15) is 18.3 Å². The van der Waals surface area contributed by atoms with E-state index < -0.39 is 19.2 Å². The third-order valence-corrected chi connectivity index (χ3v) is 7.54. The van der Waals surface area contributed by atoms with Crippen molar-refractivity contribution in [3.05, 3.63) is 70.5 Å². The fourth-order valence-electron chi connectivity index (χ4n) is 5.81. The number of rotatable bonds is 6. The van der Waals surface area contributed by atoms with Crippen LogP contribution in [0, 0.1) is 5.41 Å². The van der Waals surface area contributed by atoms with E-state index in [0.717, 1.165) is 36.8 Å². The van der Waals surface area contributed by atoms with Crippen LogP contribution >= 0.6 is 0 Å². The SMILES string of the molecule is O=C(N[C@H]1CC2(C1)C[C@H](c1n[nH]c(=O)c3ccccc31)C2)c1cnc2cc(OCCC(F)(F)F)ccn12. The van der Waals surface area contributed by atoms with Crippen LogP contribution in [0.2, 0.25) is 0 Å². The number of benzene rings is 1. The maximum atomic E-state index is 12.9. The Balaban J connectivity index is 1.05. The Kier molecular flexibility index (Phi) is 5.46. The first kappa shape index (κ1) is 23.5. The van der Waals surface area contributed by atoms with Crippen LogP contribution in [-0.2, 0) is 0 Å². The number of halogens is 3. The van der Waals surface area contributed by atoms with Crippen molar-refractivity contribution in [1.29, 1.82) is 0 Å². The summed E-state index contributed by atoms with van der Waals surface area (Å²) in [5.74, 6) is 0.298. The number of carbonyl (C=O) groups is 1. The molecular formula is C26H24F3N5O3. The predicted molar refractivity (Wildman–Crippen MR) is 129 cm³/mol. The van der Waals surface area contributed by atoms with E-state index in [0.29, 0.717) is 16.7 Å². The number of aromatic nitrogens is 4. The van der Waals surface area contributed by atoms with E-state index in [1.807, 2.05) is 24.3 Å². The summed E-state index contributed by atoms with van der Waals surface area (Å²) in [5, 5.41) is 11.6. The minimum Gasteiger partial charge on any atom is -0.493 e. The number of alkyl halides is 3. The average molecular weight is 512 g/mol. The Morgan fingerprint density at radius 1 is 1.16 bits per heavy atom. The zero-order chi connectivity index (χ0) is 25.8. The highest BCUT2D eigenvalue weighted by Crippen LogP contribution is 2.62. The molecule has 0 aliphatic heterocycles. The van der Waals surface area contributed by atoms with Gasteiger partial charge in [-0.3, -0.25) is 14.0 Å². The Morgan fingerprint density at radius 3 is 2.68 bits per heavy atom. The van der Waals surface area contributed by atoms with Gasteiger partial charge in [0.15, 0.2) is 0 Å². The van der Waals surface area contributed by atoms with Crippen molar-refractivity contribution in [2.24, 2.45) is 5.41 Å². The second-order valence-corrected chi connectivity index (χ2v) is 10.1. The van der Waals surface area contributed by atoms with Crippen molar-refractivity contribution in [2.75, 3.05) is 6.61 Å². The van der Waals surface area contributed by atoms with E-state index in [1.165, 1.54) is 18.3 Å². The van der Waals surface area contributed by atoms with Crippen LogP contribution in [0.5, 0.6) is 5.75 Å². The highest BCUT2D eigenvalue weighted by Gasteiger charge is 2.54. The van der Waals surface area contributed by atoms with Crippen molar-refractivity contribution in [2.45, 2.75) is 50.2 Å². The van der Waals surface area contributed by atoms with Gasteiger partial charge in [-0.05, 0) is 43.2 Å². The number of imidazole rings is 1. The van der Waals surface area contributed by atoms with E-state index in [9.17, 15) is 22.8 Å². The van der Waals surface area contributed by atoms with E-state index in [4.69, 9.17) is 4.74 Å².